The Morgan fingerprint density at radius 1 is 1.40 bits per heavy atom. The van der Waals surface area contributed by atoms with Crippen molar-refractivity contribution >= 4 is 17.3 Å². The van der Waals surface area contributed by atoms with Crippen molar-refractivity contribution in [3.63, 3.8) is 0 Å². The van der Waals surface area contributed by atoms with Gasteiger partial charge in [-0.15, -0.1) is 0 Å². The van der Waals surface area contributed by atoms with Gasteiger partial charge in [-0.1, -0.05) is 12.1 Å². The third-order valence-corrected chi connectivity index (χ3v) is 4.30. The first kappa shape index (κ1) is 16.7. The molecule has 1 saturated heterocycles. The number of aromatic nitrogens is 2. The van der Waals surface area contributed by atoms with Crippen LogP contribution in [-0.2, 0) is 0 Å². The summed E-state index contributed by atoms with van der Waals surface area (Å²) in [5, 5.41) is 19.7. The fourth-order valence-electron chi connectivity index (χ4n) is 3.00. The minimum atomic E-state index is -0.622. The molecule has 1 fully saturated rings. The Labute approximate surface area is 144 Å². The molecule has 0 unspecified atom stereocenters. The fraction of sp³-hybridized carbons (Fsp3) is 0.375. The van der Waals surface area contributed by atoms with Gasteiger partial charge < -0.3 is 15.0 Å². The Hall–Kier alpha value is -3.10. The quantitative estimate of drug-likeness (QED) is 0.630. The molecule has 1 aromatic heterocycles. The maximum atomic E-state index is 12.2. The number of anilines is 1. The number of nitro groups is 1. The van der Waals surface area contributed by atoms with E-state index in [4.69, 9.17) is 4.74 Å². The summed E-state index contributed by atoms with van der Waals surface area (Å²) in [6, 6.07) is 7.77. The van der Waals surface area contributed by atoms with Crippen LogP contribution in [0.1, 0.15) is 23.3 Å². The lowest BCUT2D eigenvalue weighted by Gasteiger charge is -2.34. The summed E-state index contributed by atoms with van der Waals surface area (Å²) < 4.78 is 5.39. The maximum absolute atomic E-state index is 12.2. The molecule has 9 nitrogen and oxygen atoms in total. The second-order valence-corrected chi connectivity index (χ2v) is 5.79. The van der Waals surface area contributed by atoms with Crippen molar-refractivity contribution in [2.24, 2.45) is 0 Å². The Bertz CT molecular complexity index is 767. The van der Waals surface area contributed by atoms with E-state index in [9.17, 15) is 14.9 Å². The number of rotatable bonds is 5. The number of benzene rings is 1. The first-order valence-corrected chi connectivity index (χ1v) is 7.96. The molecule has 2 N–H and O–H groups in total. The number of carbonyl (C=O) groups excluding carboxylic acids is 1. The van der Waals surface area contributed by atoms with E-state index in [-0.39, 0.29) is 17.4 Å². The zero-order valence-electron chi connectivity index (χ0n) is 13.8. The Balaban J connectivity index is 1.60. The van der Waals surface area contributed by atoms with Crippen molar-refractivity contribution in [1.29, 1.82) is 0 Å². The number of nitrogens with one attached hydrogen (secondary N) is 2. The molecule has 2 aromatic rings. The van der Waals surface area contributed by atoms with Crippen LogP contribution in [-0.4, -0.2) is 47.3 Å². The highest BCUT2D eigenvalue weighted by Crippen LogP contribution is 2.30. The summed E-state index contributed by atoms with van der Waals surface area (Å²) in [7, 11) is 1.64. The fourth-order valence-corrected chi connectivity index (χ4v) is 3.00. The van der Waals surface area contributed by atoms with Crippen LogP contribution in [0.2, 0.25) is 0 Å². The van der Waals surface area contributed by atoms with Crippen molar-refractivity contribution in [3.8, 4) is 5.75 Å². The SMILES string of the molecule is COc1ccccc1N1CCC(NC(=O)c2[nH]ncc2[N+](=O)[O-])CC1. The van der Waals surface area contributed by atoms with Gasteiger partial charge in [-0.05, 0) is 25.0 Å². The molecular weight excluding hydrogens is 326 g/mol. The molecule has 0 atom stereocenters. The van der Waals surface area contributed by atoms with Crippen molar-refractivity contribution in [2.75, 3.05) is 25.1 Å². The third kappa shape index (κ3) is 3.54. The first-order chi connectivity index (χ1) is 12.1. The number of nitrogens with zero attached hydrogens (tertiary/aromatic N) is 3. The van der Waals surface area contributed by atoms with Gasteiger partial charge in [-0.2, -0.15) is 5.10 Å². The van der Waals surface area contributed by atoms with Crippen LogP contribution in [0.4, 0.5) is 11.4 Å². The molecule has 1 amide bonds. The molecule has 3 rings (SSSR count). The predicted molar refractivity (Wildman–Crippen MR) is 90.9 cm³/mol. The molecule has 2 heterocycles. The lowest BCUT2D eigenvalue weighted by Crippen LogP contribution is -2.45. The number of ether oxygens (including phenoxy) is 1. The molecule has 0 saturated carbocycles. The minimum absolute atomic E-state index is 0.0404. The standard InChI is InChI=1S/C16H19N5O4/c1-25-14-5-3-2-4-12(14)20-8-6-11(7-9-20)18-16(22)15-13(21(23)24)10-17-19-15/h2-5,10-11H,6-9H2,1H3,(H,17,19)(H,18,22). The van der Waals surface area contributed by atoms with E-state index in [0.29, 0.717) is 0 Å². The van der Waals surface area contributed by atoms with Crippen molar-refractivity contribution in [3.05, 3.63) is 46.3 Å². The van der Waals surface area contributed by atoms with Crippen LogP contribution in [0.3, 0.4) is 0 Å². The number of hydrogen-bond donors (Lipinski definition) is 2. The summed E-state index contributed by atoms with van der Waals surface area (Å²) >= 11 is 0. The number of piperidine rings is 1. The second-order valence-electron chi connectivity index (χ2n) is 5.79. The van der Waals surface area contributed by atoms with E-state index < -0.39 is 10.8 Å². The zero-order valence-corrected chi connectivity index (χ0v) is 13.8. The summed E-state index contributed by atoms with van der Waals surface area (Å²) in [5.41, 5.74) is 0.597. The number of aromatic amines is 1. The monoisotopic (exact) mass is 345 g/mol. The Morgan fingerprint density at radius 3 is 2.80 bits per heavy atom. The summed E-state index contributed by atoms with van der Waals surface area (Å²) in [6.07, 6.45) is 2.52. The molecule has 1 aromatic carbocycles. The largest absolute Gasteiger partial charge is 0.495 e. The molecule has 0 bridgehead atoms. The van der Waals surface area contributed by atoms with Crippen LogP contribution in [0.15, 0.2) is 30.5 Å². The molecule has 132 valence electrons. The van der Waals surface area contributed by atoms with Crippen LogP contribution < -0.4 is 15.0 Å². The van der Waals surface area contributed by atoms with E-state index in [2.05, 4.69) is 20.4 Å². The van der Waals surface area contributed by atoms with Gasteiger partial charge in [0.2, 0.25) is 5.69 Å². The van der Waals surface area contributed by atoms with Gasteiger partial charge in [0.1, 0.15) is 11.9 Å². The van der Waals surface area contributed by atoms with Crippen molar-refractivity contribution < 1.29 is 14.5 Å². The zero-order chi connectivity index (χ0) is 17.8. The number of H-pyrrole nitrogens is 1. The lowest BCUT2D eigenvalue weighted by atomic mass is 10.0. The third-order valence-electron chi connectivity index (χ3n) is 4.30. The Morgan fingerprint density at radius 2 is 2.12 bits per heavy atom. The number of para-hydroxylation sites is 2. The highest BCUT2D eigenvalue weighted by molar-refractivity contribution is 5.96. The summed E-state index contributed by atoms with van der Waals surface area (Å²) in [4.78, 5) is 24.7. The van der Waals surface area contributed by atoms with Gasteiger partial charge in [-0.3, -0.25) is 20.0 Å². The highest BCUT2D eigenvalue weighted by Gasteiger charge is 2.27. The number of hydrogen-bond acceptors (Lipinski definition) is 6. The van der Waals surface area contributed by atoms with Crippen LogP contribution in [0, 0.1) is 10.1 Å². The highest BCUT2D eigenvalue weighted by atomic mass is 16.6. The molecule has 25 heavy (non-hydrogen) atoms. The van der Waals surface area contributed by atoms with Crippen LogP contribution >= 0.6 is 0 Å². The first-order valence-electron chi connectivity index (χ1n) is 7.96. The minimum Gasteiger partial charge on any atom is -0.495 e. The summed E-state index contributed by atoms with van der Waals surface area (Å²) in [6.45, 7) is 1.52. The molecular formula is C16H19N5O4. The van der Waals surface area contributed by atoms with Gasteiger partial charge >= 0.3 is 5.69 Å². The predicted octanol–water partition coefficient (Wildman–Crippen LogP) is 1.73. The van der Waals surface area contributed by atoms with E-state index in [1.54, 1.807) is 7.11 Å². The average molecular weight is 345 g/mol. The van der Waals surface area contributed by atoms with Crippen molar-refractivity contribution in [1.82, 2.24) is 15.5 Å². The molecule has 0 spiro atoms. The average Bonchev–Trinajstić information content (AvgIpc) is 3.12. The van der Waals surface area contributed by atoms with E-state index in [1.807, 2.05) is 24.3 Å². The normalized spacial score (nSPS) is 15.0. The van der Waals surface area contributed by atoms with E-state index >= 15 is 0 Å². The van der Waals surface area contributed by atoms with E-state index in [1.165, 1.54) is 0 Å². The molecule has 0 radical (unpaired) electrons. The van der Waals surface area contributed by atoms with Gasteiger partial charge in [0, 0.05) is 19.1 Å². The van der Waals surface area contributed by atoms with Crippen LogP contribution in [0.5, 0.6) is 5.75 Å². The second kappa shape index (κ2) is 7.20. The molecule has 0 aliphatic carbocycles. The molecule has 1 aliphatic heterocycles. The van der Waals surface area contributed by atoms with Gasteiger partial charge in [0.25, 0.3) is 5.91 Å². The van der Waals surface area contributed by atoms with Crippen LogP contribution in [0.25, 0.3) is 0 Å². The number of methoxy groups -OCH3 is 1. The maximum Gasteiger partial charge on any atom is 0.319 e. The van der Waals surface area contributed by atoms with Crippen molar-refractivity contribution in [2.45, 2.75) is 18.9 Å². The summed E-state index contributed by atoms with van der Waals surface area (Å²) in [5.74, 6) is 0.318. The van der Waals surface area contributed by atoms with Gasteiger partial charge in [0.05, 0.1) is 17.7 Å². The number of amides is 1. The number of carbonyl (C=O) groups is 1. The Kier molecular flexibility index (Phi) is 4.82. The van der Waals surface area contributed by atoms with Gasteiger partial charge in [-0.25, -0.2) is 0 Å². The lowest BCUT2D eigenvalue weighted by molar-refractivity contribution is -0.385. The molecule has 9 heteroatoms. The smallest absolute Gasteiger partial charge is 0.319 e. The topological polar surface area (TPSA) is 113 Å². The molecule has 1 aliphatic rings. The van der Waals surface area contributed by atoms with E-state index in [0.717, 1.165) is 43.6 Å². The van der Waals surface area contributed by atoms with Gasteiger partial charge in [0.15, 0.2) is 0 Å².